The number of nitrogens with one attached hydrogen (secondary N) is 1. The molecule has 0 aliphatic heterocycles. The Morgan fingerprint density at radius 1 is 1.36 bits per heavy atom. The first-order valence-corrected chi connectivity index (χ1v) is 6.95. The highest BCUT2D eigenvalue weighted by atomic mass is 16.6. The van der Waals surface area contributed by atoms with Gasteiger partial charge in [0.1, 0.15) is 11.4 Å². The molecule has 1 N–H and O–H groups in total. The van der Waals surface area contributed by atoms with Crippen molar-refractivity contribution < 1.29 is 9.53 Å². The van der Waals surface area contributed by atoms with Gasteiger partial charge in [0.15, 0.2) is 0 Å². The molecule has 0 unspecified atom stereocenters. The minimum atomic E-state index is -0.608. The molecule has 0 spiro atoms. The summed E-state index contributed by atoms with van der Waals surface area (Å²) in [5, 5.41) is 3.05. The number of benzene rings is 1. The van der Waals surface area contributed by atoms with Gasteiger partial charge >= 0.3 is 6.09 Å². The molecular formula is C15H18BN3O3. The number of fused-ring (bicyclic) bond motifs is 1. The molecule has 1 aromatic heterocycles. The maximum absolute atomic E-state index is 12.2. The summed E-state index contributed by atoms with van der Waals surface area (Å²) in [6, 6.07) is 6.33. The molecule has 1 atom stereocenters. The summed E-state index contributed by atoms with van der Waals surface area (Å²) in [5.74, 6) is 0.259. The van der Waals surface area contributed by atoms with Crippen LogP contribution in [0.2, 0.25) is 0 Å². The molecule has 0 saturated heterocycles. The quantitative estimate of drug-likeness (QED) is 0.860. The lowest BCUT2D eigenvalue weighted by Gasteiger charge is -2.22. The Labute approximate surface area is 129 Å². The molecule has 0 fully saturated rings. The molecule has 0 bridgehead atoms. The highest BCUT2D eigenvalue weighted by molar-refractivity contribution is 6.07. The first-order chi connectivity index (χ1) is 10.2. The van der Waals surface area contributed by atoms with E-state index < -0.39 is 17.7 Å². The molecule has 0 aliphatic rings. The van der Waals surface area contributed by atoms with E-state index in [1.807, 2.05) is 0 Å². The second-order valence-electron chi connectivity index (χ2n) is 6.03. The average Bonchev–Trinajstić information content (AvgIpc) is 2.40. The third-order valence-electron chi connectivity index (χ3n) is 2.96. The van der Waals surface area contributed by atoms with Crippen LogP contribution in [0.3, 0.4) is 0 Å². The van der Waals surface area contributed by atoms with Crippen LogP contribution in [0.15, 0.2) is 29.1 Å². The number of aromatic nitrogens is 2. The van der Waals surface area contributed by atoms with Crippen molar-refractivity contribution in [3.8, 4) is 0 Å². The highest BCUT2D eigenvalue weighted by Crippen LogP contribution is 2.14. The lowest BCUT2D eigenvalue weighted by molar-refractivity contribution is 0.0505. The van der Waals surface area contributed by atoms with Gasteiger partial charge in [-0.05, 0) is 39.8 Å². The topological polar surface area (TPSA) is 73.2 Å². The molecule has 1 amide bonds. The summed E-state index contributed by atoms with van der Waals surface area (Å²) < 4.78 is 6.13. The van der Waals surface area contributed by atoms with Gasteiger partial charge in [-0.3, -0.25) is 4.79 Å². The van der Waals surface area contributed by atoms with Crippen molar-refractivity contribution in [3.63, 3.8) is 0 Å². The highest BCUT2D eigenvalue weighted by Gasteiger charge is 2.20. The summed E-state index contributed by atoms with van der Waals surface area (Å²) in [6.07, 6.45) is -0.595. The first-order valence-electron chi connectivity index (χ1n) is 6.95. The minimum absolute atomic E-state index is 0.259. The molecule has 114 valence electrons. The fourth-order valence-electron chi connectivity index (χ4n) is 2.02. The molecule has 7 heteroatoms. The van der Waals surface area contributed by atoms with E-state index in [9.17, 15) is 9.59 Å². The molecule has 6 nitrogen and oxygen atoms in total. The number of nitrogens with zero attached hydrogens (tertiary/aromatic N) is 2. The molecule has 1 aromatic carbocycles. The Morgan fingerprint density at radius 2 is 2.00 bits per heavy atom. The Morgan fingerprint density at radius 3 is 2.64 bits per heavy atom. The number of hydrogen-bond donors (Lipinski definition) is 1. The van der Waals surface area contributed by atoms with Gasteiger partial charge in [0.25, 0.3) is 0 Å². The van der Waals surface area contributed by atoms with E-state index in [0.29, 0.717) is 10.9 Å². The number of ether oxygens (including phenoxy) is 1. The van der Waals surface area contributed by atoms with E-state index in [0.717, 1.165) is 4.48 Å². The van der Waals surface area contributed by atoms with Gasteiger partial charge in [0.2, 0.25) is 13.5 Å². The third kappa shape index (κ3) is 3.47. The zero-order valence-electron chi connectivity index (χ0n) is 13.1. The lowest BCUT2D eigenvalue weighted by Crippen LogP contribution is -2.37. The number of para-hydroxylation sites is 1. The molecule has 0 aliphatic carbocycles. The van der Waals surface area contributed by atoms with Crippen LogP contribution < -0.4 is 10.9 Å². The van der Waals surface area contributed by atoms with Crippen LogP contribution in [-0.4, -0.2) is 29.1 Å². The predicted molar refractivity (Wildman–Crippen MR) is 84.9 cm³/mol. The predicted octanol–water partition coefficient (Wildman–Crippen LogP) is 1.91. The molecule has 1 heterocycles. The summed E-state index contributed by atoms with van der Waals surface area (Å²) >= 11 is 0. The summed E-state index contributed by atoms with van der Waals surface area (Å²) in [5.41, 5.74) is -0.441. The van der Waals surface area contributed by atoms with E-state index in [1.165, 1.54) is 0 Å². The number of rotatable bonds is 2. The van der Waals surface area contributed by atoms with Crippen LogP contribution >= 0.6 is 0 Å². The molecule has 22 heavy (non-hydrogen) atoms. The van der Waals surface area contributed by atoms with Gasteiger partial charge in [-0.1, -0.05) is 12.1 Å². The number of amides is 1. The van der Waals surface area contributed by atoms with Crippen LogP contribution in [0.25, 0.3) is 10.9 Å². The van der Waals surface area contributed by atoms with Crippen LogP contribution in [0.5, 0.6) is 0 Å². The average molecular weight is 299 g/mol. The number of carbonyl (C=O) groups excluding carboxylic acids is 1. The molecular weight excluding hydrogens is 281 g/mol. The Hall–Kier alpha value is -2.31. The van der Waals surface area contributed by atoms with Gasteiger partial charge in [-0.25, -0.2) is 9.78 Å². The van der Waals surface area contributed by atoms with E-state index >= 15 is 0 Å². The van der Waals surface area contributed by atoms with Crippen molar-refractivity contribution >= 4 is 25.0 Å². The van der Waals surface area contributed by atoms with E-state index in [-0.39, 0.29) is 11.4 Å². The van der Waals surface area contributed by atoms with E-state index in [2.05, 4.69) is 10.3 Å². The molecule has 2 aromatic rings. The summed E-state index contributed by atoms with van der Waals surface area (Å²) in [4.78, 5) is 28.4. The monoisotopic (exact) mass is 299 g/mol. The maximum atomic E-state index is 12.2. The third-order valence-corrected chi connectivity index (χ3v) is 2.96. The summed E-state index contributed by atoms with van der Waals surface area (Å²) in [7, 11) is 5.80. The zero-order chi connectivity index (χ0) is 16.5. The maximum Gasteiger partial charge on any atom is 0.408 e. The Balaban J connectivity index is 2.32. The van der Waals surface area contributed by atoms with Gasteiger partial charge in [-0.15, -0.1) is 0 Å². The van der Waals surface area contributed by atoms with Crippen molar-refractivity contribution in [1.29, 1.82) is 0 Å². The molecule has 0 saturated carbocycles. The van der Waals surface area contributed by atoms with Gasteiger partial charge in [0.05, 0.1) is 16.9 Å². The summed E-state index contributed by atoms with van der Waals surface area (Å²) in [6.45, 7) is 6.99. The van der Waals surface area contributed by atoms with Crippen molar-refractivity contribution in [2.75, 3.05) is 0 Å². The fraction of sp³-hybridized carbons (Fsp3) is 0.400. The fourth-order valence-corrected chi connectivity index (χ4v) is 2.02. The molecule has 2 radical (unpaired) electrons. The largest absolute Gasteiger partial charge is 0.444 e. The molecule has 2 rings (SSSR count). The number of hydrogen-bond acceptors (Lipinski definition) is 4. The van der Waals surface area contributed by atoms with Crippen LogP contribution in [0, 0.1) is 0 Å². The van der Waals surface area contributed by atoms with Crippen LogP contribution in [0.4, 0.5) is 4.79 Å². The number of alkyl carbamates (subject to hydrolysis) is 1. The van der Waals surface area contributed by atoms with Crippen molar-refractivity contribution in [1.82, 2.24) is 14.8 Å². The second kappa shape index (κ2) is 5.83. The van der Waals surface area contributed by atoms with Crippen LogP contribution in [-0.2, 0) is 4.74 Å². The van der Waals surface area contributed by atoms with Crippen LogP contribution in [0.1, 0.15) is 39.6 Å². The van der Waals surface area contributed by atoms with Crippen molar-refractivity contribution in [3.05, 3.63) is 40.4 Å². The SMILES string of the molecule is [B]n1c([C@H](C)NC(=O)OC(C)(C)C)nc2ccccc2c1=O. The smallest absolute Gasteiger partial charge is 0.408 e. The van der Waals surface area contributed by atoms with Crippen molar-refractivity contribution in [2.45, 2.75) is 39.3 Å². The minimum Gasteiger partial charge on any atom is -0.444 e. The van der Waals surface area contributed by atoms with Crippen molar-refractivity contribution in [2.24, 2.45) is 0 Å². The lowest BCUT2D eigenvalue weighted by atomic mass is 10.2. The number of carbonyl (C=O) groups is 1. The Kier molecular flexibility index (Phi) is 4.26. The standard InChI is InChI=1S/C15H18BN3O3/c1-9(17-14(21)22-15(2,3)4)12-18-11-8-6-5-7-10(11)13(20)19(12)16/h5-9H,1-4H3,(H,17,21)/t9-/m0/s1. The van der Waals surface area contributed by atoms with Gasteiger partial charge < -0.3 is 14.5 Å². The second-order valence-corrected chi connectivity index (χ2v) is 6.03. The zero-order valence-corrected chi connectivity index (χ0v) is 13.1. The van der Waals surface area contributed by atoms with Gasteiger partial charge in [0, 0.05) is 0 Å². The van der Waals surface area contributed by atoms with E-state index in [4.69, 9.17) is 12.7 Å². The normalized spacial score (nSPS) is 12.9. The first kappa shape index (κ1) is 16.1. The van der Waals surface area contributed by atoms with E-state index in [1.54, 1.807) is 52.0 Å². The van der Waals surface area contributed by atoms with Gasteiger partial charge in [-0.2, -0.15) is 0 Å². The Bertz CT molecular complexity index is 765.